The Balaban J connectivity index is 0.00000199. The molecule has 34 heavy (non-hydrogen) atoms. The highest BCUT2D eigenvalue weighted by Gasteiger charge is 2.38. The van der Waals surface area contributed by atoms with Crippen LogP contribution in [0.4, 0.5) is 10.5 Å². The van der Waals surface area contributed by atoms with Crippen LogP contribution in [0, 0.1) is 0 Å². The predicted octanol–water partition coefficient (Wildman–Crippen LogP) is 5.21. The lowest BCUT2D eigenvalue weighted by molar-refractivity contribution is 0.136. The number of halogens is 1. The Kier molecular flexibility index (Phi) is 10.5. The molecule has 1 saturated heterocycles. The standard InChI is InChI=1S/C22H27ClN2O6S.C2H6/c1-4-5-6-20(30-3)21(15-29-2)32(27,28)24-11-9-18(10-12-24)25-19-8-7-17(23)13-16(19)14-31-22(25)26;1-2/h4,6-8,13,15,18H,1,5,9-12,14H2,2-3H3;1-2H3/b20-6?,21-15-;. The molecule has 3 rings (SSSR count). The number of hydrogen-bond donors (Lipinski definition) is 0. The summed E-state index contributed by atoms with van der Waals surface area (Å²) in [7, 11) is -1.08. The number of benzene rings is 1. The van der Waals surface area contributed by atoms with Gasteiger partial charge in [-0.15, -0.1) is 6.58 Å². The van der Waals surface area contributed by atoms with Gasteiger partial charge < -0.3 is 14.2 Å². The molecule has 0 aromatic heterocycles. The summed E-state index contributed by atoms with van der Waals surface area (Å²) in [5, 5.41) is 0.568. The number of allylic oxidation sites excluding steroid dienone is 2. The summed E-state index contributed by atoms with van der Waals surface area (Å²) in [5.41, 5.74) is 1.58. The van der Waals surface area contributed by atoms with E-state index in [0.717, 1.165) is 11.3 Å². The van der Waals surface area contributed by atoms with Gasteiger partial charge in [0.1, 0.15) is 18.6 Å². The van der Waals surface area contributed by atoms with Gasteiger partial charge in [-0.3, -0.25) is 4.90 Å². The van der Waals surface area contributed by atoms with E-state index < -0.39 is 16.1 Å². The molecular weight excluding hydrogens is 480 g/mol. The van der Waals surface area contributed by atoms with Crippen molar-refractivity contribution in [3.05, 3.63) is 64.4 Å². The smallest absolute Gasteiger partial charge is 0.414 e. The van der Waals surface area contributed by atoms with Crippen LogP contribution in [0.15, 0.2) is 53.9 Å². The molecule has 1 aromatic rings. The SMILES string of the molecule is C=CCC=C(OC)/C(=C/OC)S(=O)(=O)N1CCC(N2C(=O)OCc3cc(Cl)ccc32)CC1.CC. The number of anilines is 1. The molecule has 1 amide bonds. The van der Waals surface area contributed by atoms with E-state index in [9.17, 15) is 13.2 Å². The van der Waals surface area contributed by atoms with Gasteiger partial charge in [0.05, 0.1) is 19.9 Å². The molecular formula is C24H33ClN2O6S. The Hall–Kier alpha value is -2.49. The van der Waals surface area contributed by atoms with E-state index in [-0.39, 0.29) is 36.4 Å². The first-order valence-electron chi connectivity index (χ1n) is 11.2. The van der Waals surface area contributed by atoms with Crippen LogP contribution in [0.2, 0.25) is 5.02 Å². The van der Waals surface area contributed by atoms with Crippen molar-refractivity contribution in [1.29, 1.82) is 0 Å². The van der Waals surface area contributed by atoms with Gasteiger partial charge in [-0.1, -0.05) is 31.5 Å². The second kappa shape index (κ2) is 12.8. The van der Waals surface area contributed by atoms with Gasteiger partial charge in [0, 0.05) is 29.7 Å². The quantitative estimate of drug-likeness (QED) is 0.270. The van der Waals surface area contributed by atoms with E-state index in [0.29, 0.717) is 24.3 Å². The fourth-order valence-electron chi connectivity index (χ4n) is 3.87. The number of piperidine rings is 1. The van der Waals surface area contributed by atoms with Crippen LogP contribution in [-0.2, 0) is 30.8 Å². The van der Waals surface area contributed by atoms with Crippen molar-refractivity contribution in [2.24, 2.45) is 0 Å². The number of cyclic esters (lactones) is 1. The lowest BCUT2D eigenvalue weighted by Gasteiger charge is -2.40. The molecule has 0 saturated carbocycles. The molecule has 2 aliphatic heterocycles. The van der Waals surface area contributed by atoms with E-state index in [2.05, 4.69) is 6.58 Å². The Bertz CT molecular complexity index is 1030. The maximum absolute atomic E-state index is 13.3. The maximum Gasteiger partial charge on any atom is 0.414 e. The summed E-state index contributed by atoms with van der Waals surface area (Å²) in [6, 6.07) is 5.12. The largest absolute Gasteiger partial charge is 0.503 e. The topological polar surface area (TPSA) is 85.4 Å². The van der Waals surface area contributed by atoms with Crippen LogP contribution in [-0.4, -0.2) is 52.2 Å². The number of fused-ring (bicyclic) bond motifs is 1. The van der Waals surface area contributed by atoms with Crippen molar-refractivity contribution in [3.63, 3.8) is 0 Å². The molecule has 0 bridgehead atoms. The average Bonchev–Trinajstić information content (AvgIpc) is 2.85. The highest BCUT2D eigenvalue weighted by Crippen LogP contribution is 2.34. The third-order valence-electron chi connectivity index (χ3n) is 5.41. The van der Waals surface area contributed by atoms with Crippen molar-refractivity contribution in [1.82, 2.24) is 4.31 Å². The molecule has 188 valence electrons. The van der Waals surface area contributed by atoms with Crippen molar-refractivity contribution in [2.45, 2.75) is 45.8 Å². The Morgan fingerprint density at radius 2 is 1.94 bits per heavy atom. The van der Waals surface area contributed by atoms with E-state index in [1.807, 2.05) is 13.8 Å². The molecule has 1 fully saturated rings. The highest BCUT2D eigenvalue weighted by molar-refractivity contribution is 7.93. The first-order chi connectivity index (χ1) is 16.3. The maximum atomic E-state index is 13.3. The van der Waals surface area contributed by atoms with Gasteiger partial charge in [0.2, 0.25) is 10.0 Å². The van der Waals surface area contributed by atoms with Crippen molar-refractivity contribution < 1.29 is 27.4 Å². The Labute approximate surface area is 207 Å². The fraction of sp³-hybridized carbons (Fsp3) is 0.458. The number of sulfonamides is 1. The van der Waals surface area contributed by atoms with Crippen LogP contribution in [0.3, 0.4) is 0 Å². The minimum absolute atomic E-state index is 0.0554. The zero-order valence-electron chi connectivity index (χ0n) is 20.1. The molecule has 0 aliphatic carbocycles. The number of methoxy groups -OCH3 is 2. The highest BCUT2D eigenvalue weighted by atomic mass is 35.5. The van der Waals surface area contributed by atoms with Gasteiger partial charge in [-0.05, 0) is 43.5 Å². The molecule has 2 heterocycles. The van der Waals surface area contributed by atoms with Crippen molar-refractivity contribution in [2.75, 3.05) is 32.2 Å². The first-order valence-corrected chi connectivity index (χ1v) is 13.0. The molecule has 10 heteroatoms. The molecule has 1 aromatic carbocycles. The minimum atomic E-state index is -3.87. The van der Waals surface area contributed by atoms with Gasteiger partial charge in [0.25, 0.3) is 0 Å². The third kappa shape index (κ3) is 6.14. The lowest BCUT2D eigenvalue weighted by Crippen LogP contribution is -2.50. The summed E-state index contributed by atoms with van der Waals surface area (Å²) in [6.07, 6.45) is 5.36. The van der Waals surface area contributed by atoms with E-state index >= 15 is 0 Å². The van der Waals surface area contributed by atoms with Crippen LogP contribution < -0.4 is 4.90 Å². The first kappa shape index (κ1) is 27.8. The van der Waals surface area contributed by atoms with E-state index in [1.54, 1.807) is 35.3 Å². The lowest BCUT2D eigenvalue weighted by atomic mass is 10.0. The average molecular weight is 513 g/mol. The summed E-state index contributed by atoms with van der Waals surface area (Å²) in [4.78, 5) is 14.1. The number of rotatable bonds is 8. The molecule has 2 aliphatic rings. The fourth-order valence-corrected chi connectivity index (χ4v) is 5.67. The molecule has 0 radical (unpaired) electrons. The summed E-state index contributed by atoms with van der Waals surface area (Å²) >= 11 is 6.07. The second-order valence-electron chi connectivity index (χ2n) is 7.35. The second-order valence-corrected chi connectivity index (χ2v) is 9.69. The zero-order chi connectivity index (χ0) is 25.3. The van der Waals surface area contributed by atoms with Crippen LogP contribution in [0.5, 0.6) is 0 Å². The molecule has 0 spiro atoms. The van der Waals surface area contributed by atoms with Gasteiger partial charge >= 0.3 is 6.09 Å². The van der Waals surface area contributed by atoms with E-state index in [1.165, 1.54) is 24.8 Å². The summed E-state index contributed by atoms with van der Waals surface area (Å²) in [6.45, 7) is 8.28. The monoisotopic (exact) mass is 512 g/mol. The number of carbonyl (C=O) groups excluding carboxylic acids is 1. The number of hydrogen-bond acceptors (Lipinski definition) is 6. The molecule has 0 atom stereocenters. The summed E-state index contributed by atoms with van der Waals surface area (Å²) < 4.78 is 43.7. The number of ether oxygens (including phenoxy) is 3. The normalized spacial score (nSPS) is 17.8. The Morgan fingerprint density at radius 3 is 2.53 bits per heavy atom. The minimum Gasteiger partial charge on any atom is -0.503 e. The van der Waals surface area contributed by atoms with Crippen molar-refractivity contribution >= 4 is 33.4 Å². The van der Waals surface area contributed by atoms with Crippen LogP contribution in [0.1, 0.15) is 38.7 Å². The van der Waals surface area contributed by atoms with Crippen LogP contribution in [0.25, 0.3) is 0 Å². The zero-order valence-corrected chi connectivity index (χ0v) is 21.7. The number of amides is 1. The molecule has 8 nitrogen and oxygen atoms in total. The molecule has 0 unspecified atom stereocenters. The van der Waals surface area contributed by atoms with Crippen molar-refractivity contribution in [3.8, 4) is 0 Å². The molecule has 0 N–H and O–H groups in total. The third-order valence-corrected chi connectivity index (χ3v) is 7.55. The predicted molar refractivity (Wildman–Crippen MR) is 134 cm³/mol. The number of nitrogens with zero attached hydrogens (tertiary/aromatic N) is 2. The Morgan fingerprint density at radius 1 is 1.26 bits per heavy atom. The number of carbonyl (C=O) groups is 1. The van der Waals surface area contributed by atoms with Gasteiger partial charge in [-0.2, -0.15) is 4.31 Å². The van der Waals surface area contributed by atoms with Gasteiger partial charge in [0.15, 0.2) is 4.91 Å². The summed E-state index contributed by atoms with van der Waals surface area (Å²) in [5.74, 6) is 0.194. The van der Waals surface area contributed by atoms with Gasteiger partial charge in [-0.25, -0.2) is 13.2 Å². The van der Waals surface area contributed by atoms with E-state index in [4.69, 9.17) is 25.8 Å². The van der Waals surface area contributed by atoms with Crippen LogP contribution >= 0.6 is 11.6 Å².